The summed E-state index contributed by atoms with van der Waals surface area (Å²) < 4.78 is 10.9. The Morgan fingerprint density at radius 2 is 1.89 bits per heavy atom. The fourth-order valence-corrected chi connectivity index (χ4v) is 3.23. The Bertz CT molecular complexity index is 937. The molecule has 144 valence electrons. The molecule has 5 nitrogen and oxygen atoms in total. The molecule has 0 bridgehead atoms. The van der Waals surface area contributed by atoms with E-state index in [1.807, 2.05) is 48.7 Å². The topological polar surface area (TPSA) is 64.6 Å². The predicted molar refractivity (Wildman–Crippen MR) is 108 cm³/mol. The number of hydrogen-bond donors (Lipinski definition) is 1. The van der Waals surface area contributed by atoms with Crippen molar-refractivity contribution in [1.82, 2.24) is 5.32 Å². The number of aryl methyl sites for hydroxylation is 1. The number of para-hydroxylation sites is 1. The van der Waals surface area contributed by atoms with Gasteiger partial charge in [0, 0.05) is 4.88 Å². The van der Waals surface area contributed by atoms with Crippen molar-refractivity contribution in [3.63, 3.8) is 0 Å². The van der Waals surface area contributed by atoms with E-state index in [9.17, 15) is 9.59 Å². The van der Waals surface area contributed by atoms with Crippen LogP contribution in [0.2, 0.25) is 0 Å². The third-order valence-electron chi connectivity index (χ3n) is 3.96. The second-order valence-electron chi connectivity index (χ2n) is 6.21. The lowest BCUT2D eigenvalue weighted by atomic mass is 10.1. The van der Waals surface area contributed by atoms with Crippen molar-refractivity contribution in [1.29, 1.82) is 0 Å². The summed E-state index contributed by atoms with van der Waals surface area (Å²) in [5.74, 6) is -0.515. The van der Waals surface area contributed by atoms with Gasteiger partial charge >= 0.3 is 5.97 Å². The molecular weight excluding hydrogens is 374 g/mol. The summed E-state index contributed by atoms with van der Waals surface area (Å²) in [4.78, 5) is 25.3. The van der Waals surface area contributed by atoms with Gasteiger partial charge in [-0.15, -0.1) is 11.3 Å². The summed E-state index contributed by atoms with van der Waals surface area (Å²) in [6.45, 7) is 2.44. The average Bonchev–Trinajstić information content (AvgIpc) is 3.23. The van der Waals surface area contributed by atoms with Gasteiger partial charge in [0.25, 0.3) is 5.91 Å². The molecule has 28 heavy (non-hydrogen) atoms. The first kappa shape index (κ1) is 19.6. The van der Waals surface area contributed by atoms with Crippen LogP contribution in [-0.4, -0.2) is 18.5 Å². The molecular formula is C22H21NO4S. The molecule has 1 amide bonds. The van der Waals surface area contributed by atoms with Gasteiger partial charge in [-0.05, 0) is 36.1 Å². The van der Waals surface area contributed by atoms with Crippen LogP contribution in [0.4, 0.5) is 0 Å². The summed E-state index contributed by atoms with van der Waals surface area (Å²) in [5.41, 5.74) is 2.44. The van der Waals surface area contributed by atoms with Crippen LogP contribution in [0.1, 0.15) is 26.4 Å². The van der Waals surface area contributed by atoms with Crippen LogP contribution in [-0.2, 0) is 22.7 Å². The Hall–Kier alpha value is -3.12. The van der Waals surface area contributed by atoms with E-state index in [2.05, 4.69) is 5.32 Å². The van der Waals surface area contributed by atoms with E-state index in [4.69, 9.17) is 9.47 Å². The molecule has 0 fully saturated rings. The lowest BCUT2D eigenvalue weighted by Crippen LogP contribution is -2.28. The molecule has 0 saturated heterocycles. The highest BCUT2D eigenvalue weighted by Gasteiger charge is 2.15. The third-order valence-corrected chi connectivity index (χ3v) is 4.83. The number of carbonyl (C=O) groups excluding carboxylic acids is 2. The van der Waals surface area contributed by atoms with Gasteiger partial charge in [0.2, 0.25) is 0 Å². The minimum atomic E-state index is -0.592. The Morgan fingerprint density at radius 1 is 1.04 bits per heavy atom. The molecule has 3 rings (SSSR count). The monoisotopic (exact) mass is 395 g/mol. The van der Waals surface area contributed by atoms with Gasteiger partial charge in [0.15, 0.2) is 6.61 Å². The van der Waals surface area contributed by atoms with E-state index < -0.39 is 5.97 Å². The van der Waals surface area contributed by atoms with E-state index in [1.54, 1.807) is 35.6 Å². The van der Waals surface area contributed by atoms with Gasteiger partial charge in [-0.2, -0.15) is 0 Å². The number of esters is 1. The van der Waals surface area contributed by atoms with Crippen molar-refractivity contribution >= 4 is 23.2 Å². The number of amides is 1. The largest absolute Gasteiger partial charge is 0.488 e. The van der Waals surface area contributed by atoms with Crippen LogP contribution < -0.4 is 10.1 Å². The number of nitrogens with one attached hydrogen (secondary N) is 1. The SMILES string of the molecule is Cc1cccc(COc2ccccc2C(=O)OCC(=O)NCc2cccs2)c1. The minimum Gasteiger partial charge on any atom is -0.488 e. The van der Waals surface area contributed by atoms with Crippen molar-refractivity contribution in [3.8, 4) is 5.75 Å². The van der Waals surface area contributed by atoms with Crippen LogP contribution in [0, 0.1) is 6.92 Å². The molecule has 1 heterocycles. The molecule has 1 aromatic heterocycles. The lowest BCUT2D eigenvalue weighted by Gasteiger charge is -2.11. The number of carbonyl (C=O) groups is 2. The van der Waals surface area contributed by atoms with Gasteiger partial charge in [0.1, 0.15) is 17.9 Å². The lowest BCUT2D eigenvalue weighted by molar-refractivity contribution is -0.124. The van der Waals surface area contributed by atoms with Crippen molar-refractivity contribution < 1.29 is 19.1 Å². The molecule has 1 N–H and O–H groups in total. The number of ether oxygens (including phenoxy) is 2. The highest BCUT2D eigenvalue weighted by molar-refractivity contribution is 7.09. The Morgan fingerprint density at radius 3 is 2.68 bits per heavy atom. The van der Waals surface area contributed by atoms with E-state index in [-0.39, 0.29) is 12.5 Å². The number of benzene rings is 2. The smallest absolute Gasteiger partial charge is 0.342 e. The zero-order valence-electron chi connectivity index (χ0n) is 15.5. The average molecular weight is 395 g/mol. The molecule has 6 heteroatoms. The molecule has 0 aliphatic carbocycles. The summed E-state index contributed by atoms with van der Waals surface area (Å²) in [7, 11) is 0. The standard InChI is InChI=1S/C22H21NO4S/c1-16-6-4-7-17(12-16)14-26-20-10-3-2-9-19(20)22(25)27-15-21(24)23-13-18-8-5-11-28-18/h2-12H,13-15H2,1H3,(H,23,24). The van der Waals surface area contributed by atoms with Crippen molar-refractivity contribution in [2.75, 3.05) is 6.61 Å². The van der Waals surface area contributed by atoms with Gasteiger partial charge in [0.05, 0.1) is 6.54 Å². The first-order valence-electron chi connectivity index (χ1n) is 8.85. The second-order valence-corrected chi connectivity index (χ2v) is 7.24. The fraction of sp³-hybridized carbons (Fsp3) is 0.182. The highest BCUT2D eigenvalue weighted by atomic mass is 32.1. The van der Waals surface area contributed by atoms with Crippen LogP contribution in [0.3, 0.4) is 0 Å². The van der Waals surface area contributed by atoms with Crippen molar-refractivity contribution in [3.05, 3.63) is 87.6 Å². The maximum atomic E-state index is 12.4. The zero-order valence-corrected chi connectivity index (χ0v) is 16.3. The molecule has 2 aromatic carbocycles. The predicted octanol–water partition coefficient (Wildman–Crippen LogP) is 4.11. The van der Waals surface area contributed by atoms with Crippen LogP contribution >= 0.6 is 11.3 Å². The van der Waals surface area contributed by atoms with Gasteiger partial charge in [-0.3, -0.25) is 4.79 Å². The summed E-state index contributed by atoms with van der Waals surface area (Å²) in [6, 6.07) is 18.7. The van der Waals surface area contributed by atoms with E-state index in [1.165, 1.54) is 0 Å². The Labute approximate surface area is 167 Å². The summed E-state index contributed by atoms with van der Waals surface area (Å²) >= 11 is 1.55. The first-order valence-corrected chi connectivity index (χ1v) is 9.73. The van der Waals surface area contributed by atoms with E-state index in [0.29, 0.717) is 24.5 Å². The molecule has 0 spiro atoms. The quantitative estimate of drug-likeness (QED) is 0.583. The van der Waals surface area contributed by atoms with Crippen molar-refractivity contribution in [2.45, 2.75) is 20.1 Å². The second kappa shape index (κ2) is 9.71. The summed E-state index contributed by atoms with van der Waals surface area (Å²) in [6.07, 6.45) is 0. The molecule has 3 aromatic rings. The van der Waals surface area contributed by atoms with Gasteiger partial charge in [-0.25, -0.2) is 4.79 Å². The molecule has 0 saturated carbocycles. The maximum absolute atomic E-state index is 12.4. The van der Waals surface area contributed by atoms with Gasteiger partial charge in [-0.1, -0.05) is 48.0 Å². The third kappa shape index (κ3) is 5.69. The van der Waals surface area contributed by atoms with Crippen molar-refractivity contribution in [2.24, 2.45) is 0 Å². The number of rotatable bonds is 8. The molecule has 0 aliphatic rings. The van der Waals surface area contributed by atoms with Crippen LogP contribution in [0.5, 0.6) is 5.75 Å². The minimum absolute atomic E-state index is 0.293. The first-order chi connectivity index (χ1) is 13.6. The fourth-order valence-electron chi connectivity index (χ4n) is 2.58. The molecule has 0 aliphatic heterocycles. The zero-order chi connectivity index (χ0) is 19.8. The van der Waals surface area contributed by atoms with Gasteiger partial charge < -0.3 is 14.8 Å². The van der Waals surface area contributed by atoms with E-state index in [0.717, 1.165) is 16.0 Å². The summed E-state index contributed by atoms with van der Waals surface area (Å²) in [5, 5.41) is 4.66. The molecule has 0 radical (unpaired) electrons. The Balaban J connectivity index is 1.54. The van der Waals surface area contributed by atoms with Crippen LogP contribution in [0.25, 0.3) is 0 Å². The molecule has 0 atom stereocenters. The number of thiophene rings is 1. The normalized spacial score (nSPS) is 10.3. The Kier molecular flexibility index (Phi) is 6.81. The molecule has 0 unspecified atom stereocenters. The number of hydrogen-bond acceptors (Lipinski definition) is 5. The van der Waals surface area contributed by atoms with E-state index >= 15 is 0 Å². The maximum Gasteiger partial charge on any atom is 0.342 e. The van der Waals surface area contributed by atoms with Crippen LogP contribution in [0.15, 0.2) is 66.0 Å². The highest BCUT2D eigenvalue weighted by Crippen LogP contribution is 2.20.